The van der Waals surface area contributed by atoms with E-state index in [0.717, 1.165) is 5.82 Å². The van der Waals surface area contributed by atoms with Crippen LogP contribution in [0.5, 0.6) is 0 Å². The SMILES string of the molecule is Cc1ccc(N)cc1S(=O)(=O)NCCCc1ncn[nH]1. The van der Waals surface area contributed by atoms with Gasteiger partial charge in [-0.1, -0.05) is 6.07 Å². The van der Waals surface area contributed by atoms with E-state index >= 15 is 0 Å². The van der Waals surface area contributed by atoms with Gasteiger partial charge >= 0.3 is 0 Å². The van der Waals surface area contributed by atoms with Gasteiger partial charge in [-0.3, -0.25) is 5.10 Å². The first-order valence-corrected chi connectivity index (χ1v) is 7.67. The average Bonchev–Trinajstić information content (AvgIpc) is 2.90. The second-order valence-electron chi connectivity index (χ2n) is 4.46. The van der Waals surface area contributed by atoms with Crippen LogP contribution in [0.15, 0.2) is 29.4 Å². The summed E-state index contributed by atoms with van der Waals surface area (Å²) >= 11 is 0. The Balaban J connectivity index is 1.95. The van der Waals surface area contributed by atoms with Crippen LogP contribution in [0.1, 0.15) is 17.8 Å². The fraction of sp³-hybridized carbons (Fsp3) is 0.333. The normalized spacial score (nSPS) is 11.7. The smallest absolute Gasteiger partial charge is 0.240 e. The number of nitrogen functional groups attached to an aromatic ring is 1. The number of rotatable bonds is 6. The van der Waals surface area contributed by atoms with Crippen LogP contribution in [0.25, 0.3) is 0 Å². The number of nitrogens with two attached hydrogens (primary N) is 1. The van der Waals surface area contributed by atoms with Crippen molar-refractivity contribution in [1.29, 1.82) is 0 Å². The van der Waals surface area contributed by atoms with E-state index in [4.69, 9.17) is 5.73 Å². The van der Waals surface area contributed by atoms with Gasteiger partial charge in [-0.25, -0.2) is 18.1 Å². The molecule has 0 aliphatic rings. The van der Waals surface area contributed by atoms with E-state index in [1.807, 2.05) is 0 Å². The highest BCUT2D eigenvalue weighted by Crippen LogP contribution is 2.17. The maximum absolute atomic E-state index is 12.2. The van der Waals surface area contributed by atoms with Gasteiger partial charge in [-0.2, -0.15) is 5.10 Å². The molecule has 2 aromatic rings. The highest BCUT2D eigenvalue weighted by molar-refractivity contribution is 7.89. The lowest BCUT2D eigenvalue weighted by Gasteiger charge is -2.09. The molecule has 108 valence electrons. The maximum Gasteiger partial charge on any atom is 0.240 e. The third-order valence-corrected chi connectivity index (χ3v) is 4.45. The van der Waals surface area contributed by atoms with Gasteiger partial charge in [-0.15, -0.1) is 0 Å². The second kappa shape index (κ2) is 6.02. The maximum atomic E-state index is 12.2. The Hall–Kier alpha value is -1.93. The summed E-state index contributed by atoms with van der Waals surface area (Å²) < 4.78 is 26.9. The Morgan fingerprint density at radius 1 is 1.40 bits per heavy atom. The van der Waals surface area contributed by atoms with Crippen LogP contribution in [0.3, 0.4) is 0 Å². The summed E-state index contributed by atoms with van der Waals surface area (Å²) in [6.07, 6.45) is 2.70. The molecule has 0 saturated carbocycles. The number of aromatic amines is 1. The number of anilines is 1. The quantitative estimate of drug-likeness (QED) is 0.533. The summed E-state index contributed by atoms with van der Waals surface area (Å²) in [7, 11) is -3.53. The number of nitrogens with zero attached hydrogens (tertiary/aromatic N) is 2. The zero-order chi connectivity index (χ0) is 14.6. The highest BCUT2D eigenvalue weighted by atomic mass is 32.2. The minimum absolute atomic E-state index is 0.220. The lowest BCUT2D eigenvalue weighted by Crippen LogP contribution is -2.26. The van der Waals surface area contributed by atoms with Crippen molar-refractivity contribution in [2.75, 3.05) is 12.3 Å². The molecule has 0 bridgehead atoms. The lowest BCUT2D eigenvalue weighted by molar-refractivity contribution is 0.577. The average molecular weight is 295 g/mol. The zero-order valence-electron chi connectivity index (χ0n) is 11.1. The molecule has 4 N–H and O–H groups in total. The van der Waals surface area contributed by atoms with Gasteiger partial charge in [0.15, 0.2) is 0 Å². The summed E-state index contributed by atoms with van der Waals surface area (Å²) in [6.45, 7) is 2.07. The fourth-order valence-corrected chi connectivity index (χ4v) is 3.15. The van der Waals surface area contributed by atoms with Crippen molar-refractivity contribution in [3.05, 3.63) is 35.9 Å². The van der Waals surface area contributed by atoms with Crippen LogP contribution in [0.4, 0.5) is 5.69 Å². The number of H-pyrrole nitrogens is 1. The first-order valence-electron chi connectivity index (χ1n) is 6.19. The van der Waals surface area contributed by atoms with Crippen molar-refractivity contribution in [2.24, 2.45) is 0 Å². The van der Waals surface area contributed by atoms with E-state index < -0.39 is 10.0 Å². The summed E-state index contributed by atoms with van der Waals surface area (Å²) in [6, 6.07) is 4.84. The third-order valence-electron chi connectivity index (χ3n) is 2.85. The molecule has 0 saturated heterocycles. The Morgan fingerprint density at radius 2 is 2.20 bits per heavy atom. The molecule has 0 radical (unpaired) electrons. The van der Waals surface area contributed by atoms with Crippen molar-refractivity contribution in [3.8, 4) is 0 Å². The van der Waals surface area contributed by atoms with Gasteiger partial charge in [0.1, 0.15) is 12.2 Å². The monoisotopic (exact) mass is 295 g/mol. The summed E-state index contributed by atoms with van der Waals surface area (Å²) in [5.41, 5.74) is 6.73. The molecule has 1 heterocycles. The highest BCUT2D eigenvalue weighted by Gasteiger charge is 2.16. The third kappa shape index (κ3) is 3.55. The number of aromatic nitrogens is 3. The van der Waals surface area contributed by atoms with Crippen LogP contribution in [0.2, 0.25) is 0 Å². The predicted molar refractivity (Wildman–Crippen MR) is 75.5 cm³/mol. The number of aryl methyl sites for hydroxylation is 2. The van der Waals surface area contributed by atoms with Crippen molar-refractivity contribution in [3.63, 3.8) is 0 Å². The number of nitrogens with one attached hydrogen (secondary N) is 2. The van der Waals surface area contributed by atoms with E-state index in [9.17, 15) is 8.42 Å². The van der Waals surface area contributed by atoms with Crippen molar-refractivity contribution in [1.82, 2.24) is 19.9 Å². The molecule has 1 aromatic carbocycles. The molecule has 0 aliphatic heterocycles. The Bertz CT molecular complexity index is 667. The first kappa shape index (κ1) is 14.5. The molecule has 2 rings (SSSR count). The molecule has 20 heavy (non-hydrogen) atoms. The molecular weight excluding hydrogens is 278 g/mol. The fourth-order valence-electron chi connectivity index (χ4n) is 1.80. The molecule has 7 nitrogen and oxygen atoms in total. The first-order chi connectivity index (χ1) is 9.49. The van der Waals surface area contributed by atoms with Crippen molar-refractivity contribution in [2.45, 2.75) is 24.7 Å². The van der Waals surface area contributed by atoms with Gasteiger partial charge in [0.25, 0.3) is 0 Å². The van der Waals surface area contributed by atoms with Gasteiger partial charge in [-0.05, 0) is 31.0 Å². The van der Waals surface area contributed by atoms with E-state index in [1.165, 1.54) is 12.4 Å². The van der Waals surface area contributed by atoms with Crippen LogP contribution < -0.4 is 10.5 Å². The summed E-state index contributed by atoms with van der Waals surface area (Å²) in [4.78, 5) is 4.19. The molecule has 8 heteroatoms. The minimum atomic E-state index is -3.53. The van der Waals surface area contributed by atoms with E-state index in [0.29, 0.717) is 30.6 Å². The van der Waals surface area contributed by atoms with Gasteiger partial charge in [0.2, 0.25) is 10.0 Å². The predicted octanol–water partition coefficient (Wildman–Crippen LogP) is 0.606. The Labute approximate surface area is 117 Å². The number of benzene rings is 1. The number of hydrogen-bond donors (Lipinski definition) is 3. The van der Waals surface area contributed by atoms with E-state index in [1.54, 1.807) is 19.1 Å². The molecule has 0 atom stereocenters. The largest absolute Gasteiger partial charge is 0.399 e. The zero-order valence-corrected chi connectivity index (χ0v) is 11.9. The molecule has 0 fully saturated rings. The molecular formula is C12H17N5O2S. The lowest BCUT2D eigenvalue weighted by atomic mass is 10.2. The number of hydrogen-bond acceptors (Lipinski definition) is 5. The topological polar surface area (TPSA) is 114 Å². The van der Waals surface area contributed by atoms with Crippen LogP contribution in [0, 0.1) is 6.92 Å². The van der Waals surface area contributed by atoms with Crippen molar-refractivity contribution >= 4 is 15.7 Å². The molecule has 0 amide bonds. The summed E-state index contributed by atoms with van der Waals surface area (Å²) in [5, 5.41) is 6.46. The van der Waals surface area contributed by atoms with E-state index in [-0.39, 0.29) is 4.90 Å². The molecule has 1 aromatic heterocycles. The number of sulfonamides is 1. The Morgan fingerprint density at radius 3 is 2.90 bits per heavy atom. The van der Waals surface area contributed by atoms with Gasteiger partial charge in [0, 0.05) is 18.7 Å². The Kier molecular flexibility index (Phi) is 4.35. The molecule has 0 unspecified atom stereocenters. The van der Waals surface area contributed by atoms with Crippen molar-refractivity contribution < 1.29 is 8.42 Å². The van der Waals surface area contributed by atoms with Crippen LogP contribution >= 0.6 is 0 Å². The van der Waals surface area contributed by atoms with Gasteiger partial charge < -0.3 is 5.73 Å². The van der Waals surface area contributed by atoms with Crippen LogP contribution in [-0.2, 0) is 16.4 Å². The summed E-state index contributed by atoms with van der Waals surface area (Å²) in [5.74, 6) is 0.740. The van der Waals surface area contributed by atoms with Crippen LogP contribution in [-0.4, -0.2) is 30.1 Å². The standard InChI is InChI=1S/C12H17N5O2S/c1-9-4-5-10(13)7-11(9)20(18,19)16-6-2-3-12-14-8-15-17-12/h4-5,7-8,16H,2-3,6,13H2,1H3,(H,14,15,17). The second-order valence-corrected chi connectivity index (χ2v) is 6.19. The molecule has 0 aliphatic carbocycles. The molecule has 0 spiro atoms. The van der Waals surface area contributed by atoms with Gasteiger partial charge in [0.05, 0.1) is 4.90 Å². The minimum Gasteiger partial charge on any atom is -0.399 e. The van der Waals surface area contributed by atoms with E-state index in [2.05, 4.69) is 19.9 Å².